The van der Waals surface area contributed by atoms with Gasteiger partial charge >= 0.3 is 0 Å². The highest BCUT2D eigenvalue weighted by Gasteiger charge is 2.20. The second kappa shape index (κ2) is 3.20. The van der Waals surface area contributed by atoms with Crippen LogP contribution in [0.4, 0.5) is 0 Å². The summed E-state index contributed by atoms with van der Waals surface area (Å²) in [5.41, 5.74) is 1.34. The van der Waals surface area contributed by atoms with Crippen LogP contribution >= 0.6 is 0 Å². The Morgan fingerprint density at radius 3 is 2.70 bits per heavy atom. The Labute approximate surface area is 62.8 Å². The third-order valence-electron chi connectivity index (χ3n) is 1.83. The summed E-state index contributed by atoms with van der Waals surface area (Å²) in [5.74, 6) is 0.940. The third-order valence-corrected chi connectivity index (χ3v) is 1.83. The largest absolute Gasteiger partial charge is 0.389 e. The molecule has 1 atom stereocenters. The predicted molar refractivity (Wildman–Crippen MR) is 42.8 cm³/mol. The lowest BCUT2D eigenvalue weighted by Gasteiger charge is -2.00. The quantitative estimate of drug-likeness (QED) is 0.595. The molecule has 0 bridgehead atoms. The number of aliphatic hydroxyl groups is 1. The van der Waals surface area contributed by atoms with Crippen LogP contribution in [-0.2, 0) is 0 Å². The third kappa shape index (κ3) is 3.02. The molecule has 0 saturated heterocycles. The molecule has 0 aromatic heterocycles. The number of rotatable bonds is 3. The van der Waals surface area contributed by atoms with E-state index in [1.54, 1.807) is 6.92 Å². The van der Waals surface area contributed by atoms with Crippen LogP contribution in [0.1, 0.15) is 33.1 Å². The van der Waals surface area contributed by atoms with Crippen LogP contribution < -0.4 is 0 Å². The molecule has 1 aliphatic carbocycles. The van der Waals surface area contributed by atoms with E-state index in [1.165, 1.54) is 24.8 Å². The van der Waals surface area contributed by atoms with E-state index in [0.29, 0.717) is 0 Å². The first kappa shape index (κ1) is 7.80. The fraction of sp³-hybridized carbons (Fsp3) is 0.778. The zero-order valence-corrected chi connectivity index (χ0v) is 6.80. The smallest absolute Gasteiger partial charge is 0.0695 e. The van der Waals surface area contributed by atoms with Gasteiger partial charge in [-0.3, -0.25) is 0 Å². The molecule has 0 aliphatic heterocycles. The highest BCUT2D eigenvalue weighted by atomic mass is 16.3. The van der Waals surface area contributed by atoms with Gasteiger partial charge in [0.25, 0.3) is 0 Å². The van der Waals surface area contributed by atoms with E-state index in [4.69, 9.17) is 5.11 Å². The Hall–Kier alpha value is -0.300. The first-order valence-corrected chi connectivity index (χ1v) is 4.04. The molecular weight excluding hydrogens is 124 g/mol. The van der Waals surface area contributed by atoms with Gasteiger partial charge in [0.15, 0.2) is 0 Å². The lowest BCUT2D eigenvalue weighted by Crippen LogP contribution is -1.94. The Morgan fingerprint density at radius 2 is 2.30 bits per heavy atom. The van der Waals surface area contributed by atoms with Gasteiger partial charge in [0.05, 0.1) is 6.10 Å². The molecule has 58 valence electrons. The minimum Gasteiger partial charge on any atom is -0.389 e. The van der Waals surface area contributed by atoms with Crippen molar-refractivity contribution in [2.24, 2.45) is 5.92 Å². The van der Waals surface area contributed by atoms with Crippen LogP contribution in [0.3, 0.4) is 0 Å². The van der Waals surface area contributed by atoms with Crippen LogP contribution in [0.15, 0.2) is 11.6 Å². The fourth-order valence-corrected chi connectivity index (χ4v) is 1.26. The van der Waals surface area contributed by atoms with Crippen molar-refractivity contribution in [2.45, 2.75) is 39.2 Å². The number of aliphatic hydroxyl groups excluding tert-OH is 1. The average molecular weight is 140 g/mol. The topological polar surface area (TPSA) is 20.2 Å². The summed E-state index contributed by atoms with van der Waals surface area (Å²) in [5, 5.41) is 8.98. The summed E-state index contributed by atoms with van der Waals surface area (Å²) >= 11 is 0. The molecule has 0 heterocycles. The van der Waals surface area contributed by atoms with Crippen molar-refractivity contribution in [3.8, 4) is 0 Å². The first-order valence-electron chi connectivity index (χ1n) is 4.04. The Morgan fingerprint density at radius 1 is 1.70 bits per heavy atom. The lowest BCUT2D eigenvalue weighted by atomic mass is 10.1. The SMILES string of the molecule is C/C(=C/C(C)O)CC1CC1. The maximum Gasteiger partial charge on any atom is 0.0695 e. The monoisotopic (exact) mass is 140 g/mol. The molecule has 0 amide bonds. The van der Waals surface area contributed by atoms with Gasteiger partial charge in [-0.05, 0) is 39.0 Å². The molecular formula is C9H16O. The van der Waals surface area contributed by atoms with Crippen LogP contribution in [0.2, 0.25) is 0 Å². The Kier molecular flexibility index (Phi) is 2.50. The molecule has 0 radical (unpaired) electrons. The van der Waals surface area contributed by atoms with Crippen molar-refractivity contribution in [3.63, 3.8) is 0 Å². The first-order chi connectivity index (χ1) is 4.68. The minimum absolute atomic E-state index is 0.265. The second-order valence-electron chi connectivity index (χ2n) is 3.40. The molecule has 1 heteroatoms. The zero-order chi connectivity index (χ0) is 7.56. The van der Waals surface area contributed by atoms with Crippen LogP contribution in [0, 0.1) is 5.92 Å². The van der Waals surface area contributed by atoms with Crippen molar-refractivity contribution >= 4 is 0 Å². The van der Waals surface area contributed by atoms with Crippen LogP contribution in [-0.4, -0.2) is 11.2 Å². The molecule has 0 spiro atoms. The van der Waals surface area contributed by atoms with E-state index >= 15 is 0 Å². The maximum atomic E-state index is 8.98. The van der Waals surface area contributed by atoms with Gasteiger partial charge in [-0.25, -0.2) is 0 Å². The van der Waals surface area contributed by atoms with Gasteiger partial charge < -0.3 is 5.11 Å². The normalized spacial score (nSPS) is 22.9. The number of allylic oxidation sites excluding steroid dienone is 1. The highest BCUT2D eigenvalue weighted by Crippen LogP contribution is 2.34. The van der Waals surface area contributed by atoms with Crippen molar-refractivity contribution in [1.82, 2.24) is 0 Å². The van der Waals surface area contributed by atoms with Gasteiger partial charge in [-0.1, -0.05) is 11.6 Å². The average Bonchev–Trinajstić information content (AvgIpc) is 2.46. The van der Waals surface area contributed by atoms with E-state index in [-0.39, 0.29) is 6.10 Å². The van der Waals surface area contributed by atoms with E-state index in [0.717, 1.165) is 5.92 Å². The zero-order valence-electron chi connectivity index (χ0n) is 6.80. The van der Waals surface area contributed by atoms with Crippen LogP contribution in [0.5, 0.6) is 0 Å². The molecule has 1 aliphatic rings. The second-order valence-corrected chi connectivity index (χ2v) is 3.40. The van der Waals surface area contributed by atoms with E-state index in [1.807, 2.05) is 6.08 Å². The van der Waals surface area contributed by atoms with Gasteiger partial charge in [0.1, 0.15) is 0 Å². The van der Waals surface area contributed by atoms with Crippen molar-refractivity contribution in [2.75, 3.05) is 0 Å². The van der Waals surface area contributed by atoms with E-state index < -0.39 is 0 Å². The van der Waals surface area contributed by atoms with Crippen molar-refractivity contribution < 1.29 is 5.11 Å². The summed E-state index contributed by atoms with van der Waals surface area (Å²) in [6.07, 6.45) is 5.66. The van der Waals surface area contributed by atoms with E-state index in [9.17, 15) is 0 Å². The molecule has 1 saturated carbocycles. The molecule has 1 rings (SSSR count). The van der Waals surface area contributed by atoms with Crippen molar-refractivity contribution in [3.05, 3.63) is 11.6 Å². The summed E-state index contributed by atoms with van der Waals surface area (Å²) in [4.78, 5) is 0. The molecule has 1 N–H and O–H groups in total. The van der Waals surface area contributed by atoms with Crippen molar-refractivity contribution in [1.29, 1.82) is 0 Å². The predicted octanol–water partition coefficient (Wildman–Crippen LogP) is 2.11. The minimum atomic E-state index is -0.265. The molecule has 1 unspecified atom stereocenters. The number of hydrogen-bond acceptors (Lipinski definition) is 1. The summed E-state index contributed by atoms with van der Waals surface area (Å²) < 4.78 is 0. The highest BCUT2D eigenvalue weighted by molar-refractivity contribution is 5.03. The lowest BCUT2D eigenvalue weighted by molar-refractivity contribution is 0.243. The van der Waals surface area contributed by atoms with Gasteiger partial charge in [-0.2, -0.15) is 0 Å². The molecule has 1 nitrogen and oxygen atoms in total. The van der Waals surface area contributed by atoms with Gasteiger partial charge in [-0.15, -0.1) is 0 Å². The Balaban J connectivity index is 2.23. The van der Waals surface area contributed by atoms with Gasteiger partial charge in [0.2, 0.25) is 0 Å². The summed E-state index contributed by atoms with van der Waals surface area (Å²) in [6.45, 7) is 3.90. The molecule has 1 fully saturated rings. The standard InChI is InChI=1S/C9H16O/c1-7(5-8(2)10)6-9-3-4-9/h5,8-10H,3-4,6H2,1-2H3/b7-5-. The Bertz CT molecular complexity index is 132. The maximum absolute atomic E-state index is 8.98. The molecule has 0 aromatic rings. The molecule has 0 aromatic carbocycles. The summed E-state index contributed by atoms with van der Waals surface area (Å²) in [7, 11) is 0. The number of hydrogen-bond donors (Lipinski definition) is 1. The molecule has 10 heavy (non-hydrogen) atoms. The van der Waals surface area contributed by atoms with Gasteiger partial charge in [0, 0.05) is 0 Å². The van der Waals surface area contributed by atoms with E-state index in [2.05, 4.69) is 6.92 Å². The fourth-order valence-electron chi connectivity index (χ4n) is 1.26. The van der Waals surface area contributed by atoms with Crippen LogP contribution in [0.25, 0.3) is 0 Å². The summed E-state index contributed by atoms with van der Waals surface area (Å²) in [6, 6.07) is 0.